The van der Waals surface area contributed by atoms with Gasteiger partial charge in [0.15, 0.2) is 0 Å². The molecule has 0 saturated heterocycles. The van der Waals surface area contributed by atoms with Crippen LogP contribution in [0.3, 0.4) is 0 Å². The third-order valence-corrected chi connectivity index (χ3v) is 3.48. The number of nitrogens with zero attached hydrogens (tertiary/aromatic N) is 2. The van der Waals surface area contributed by atoms with E-state index >= 15 is 0 Å². The van der Waals surface area contributed by atoms with Crippen molar-refractivity contribution >= 4 is 23.2 Å². The highest BCUT2D eigenvalue weighted by molar-refractivity contribution is 6.35. The Labute approximate surface area is 119 Å². The molecule has 1 rings (SSSR count). The van der Waals surface area contributed by atoms with Gasteiger partial charge in [-0.25, -0.2) is 4.98 Å². The summed E-state index contributed by atoms with van der Waals surface area (Å²) in [5.41, 5.74) is 7.52. The number of halogens is 2. The van der Waals surface area contributed by atoms with Crippen LogP contribution in [0.4, 0.5) is 0 Å². The molecule has 1 heterocycles. The number of pyridine rings is 1. The molecule has 0 aromatic carbocycles. The molecule has 0 radical (unpaired) electrons. The van der Waals surface area contributed by atoms with Crippen molar-refractivity contribution in [3.05, 3.63) is 27.5 Å². The number of aromatic nitrogens is 1. The average molecular weight is 290 g/mol. The normalized spacial score (nSPS) is 12.2. The maximum absolute atomic E-state index is 6.21. The maximum atomic E-state index is 6.21. The van der Waals surface area contributed by atoms with E-state index in [1.807, 2.05) is 20.0 Å². The van der Waals surface area contributed by atoms with Crippen molar-refractivity contribution in [2.45, 2.75) is 27.3 Å². The molecule has 1 aromatic rings. The molecule has 0 saturated carbocycles. The third kappa shape index (κ3) is 4.39. The topological polar surface area (TPSA) is 42.1 Å². The van der Waals surface area contributed by atoms with Gasteiger partial charge in [0.05, 0.1) is 0 Å². The molecule has 1 aromatic heterocycles. The highest BCUT2D eigenvalue weighted by Crippen LogP contribution is 2.26. The van der Waals surface area contributed by atoms with Gasteiger partial charge in [0, 0.05) is 29.4 Å². The van der Waals surface area contributed by atoms with E-state index in [0.717, 1.165) is 17.8 Å². The molecule has 5 heteroatoms. The lowest BCUT2D eigenvalue weighted by Gasteiger charge is -2.29. The number of rotatable bonds is 5. The fourth-order valence-corrected chi connectivity index (χ4v) is 2.54. The third-order valence-electron chi connectivity index (χ3n) is 2.83. The molecule has 0 aliphatic carbocycles. The number of hydrogen-bond acceptors (Lipinski definition) is 3. The van der Waals surface area contributed by atoms with Crippen LogP contribution in [-0.2, 0) is 6.54 Å². The number of aryl methyl sites for hydroxylation is 1. The predicted octanol–water partition coefficient (Wildman–Crippen LogP) is 3.11. The SMILES string of the molecule is Cc1cc(Cl)c(CN(C)CC(C)(C)CN)c(Cl)n1. The molecule has 3 nitrogen and oxygen atoms in total. The van der Waals surface area contributed by atoms with Crippen molar-refractivity contribution in [2.75, 3.05) is 20.1 Å². The standard InChI is InChI=1S/C13H21Cl2N3/c1-9-5-11(14)10(12(15)17-9)6-18(4)8-13(2,3)7-16/h5H,6-8,16H2,1-4H3. The van der Waals surface area contributed by atoms with Crippen LogP contribution in [0.2, 0.25) is 10.2 Å². The molecular weight excluding hydrogens is 269 g/mol. The van der Waals surface area contributed by atoms with Crippen molar-refractivity contribution in [3.63, 3.8) is 0 Å². The van der Waals surface area contributed by atoms with Gasteiger partial charge >= 0.3 is 0 Å². The molecular formula is C13H21Cl2N3. The molecule has 0 aliphatic rings. The van der Waals surface area contributed by atoms with E-state index in [1.54, 1.807) is 0 Å². The van der Waals surface area contributed by atoms with E-state index in [-0.39, 0.29) is 5.41 Å². The fourth-order valence-electron chi connectivity index (χ4n) is 1.89. The molecule has 0 fully saturated rings. The Hall–Kier alpha value is -0.350. The largest absolute Gasteiger partial charge is 0.330 e. The van der Waals surface area contributed by atoms with E-state index in [9.17, 15) is 0 Å². The van der Waals surface area contributed by atoms with E-state index < -0.39 is 0 Å². The monoisotopic (exact) mass is 289 g/mol. The van der Waals surface area contributed by atoms with Gasteiger partial charge in [0.2, 0.25) is 0 Å². The van der Waals surface area contributed by atoms with E-state index in [4.69, 9.17) is 28.9 Å². The van der Waals surface area contributed by atoms with Gasteiger partial charge in [-0.1, -0.05) is 37.0 Å². The van der Waals surface area contributed by atoms with Gasteiger partial charge in [-0.3, -0.25) is 0 Å². The van der Waals surface area contributed by atoms with Crippen molar-refractivity contribution in [3.8, 4) is 0 Å². The molecule has 0 atom stereocenters. The summed E-state index contributed by atoms with van der Waals surface area (Å²) in [5.74, 6) is 0. The highest BCUT2D eigenvalue weighted by atomic mass is 35.5. The number of nitrogens with two attached hydrogens (primary N) is 1. The second kappa shape index (κ2) is 6.20. The second-order valence-electron chi connectivity index (χ2n) is 5.56. The summed E-state index contributed by atoms with van der Waals surface area (Å²) in [6, 6.07) is 1.84. The maximum Gasteiger partial charge on any atom is 0.135 e. The quantitative estimate of drug-likeness (QED) is 0.847. The van der Waals surface area contributed by atoms with Crippen LogP contribution in [0.25, 0.3) is 0 Å². The fraction of sp³-hybridized carbons (Fsp3) is 0.615. The van der Waals surface area contributed by atoms with Crippen LogP contribution >= 0.6 is 23.2 Å². The molecule has 0 spiro atoms. The van der Waals surface area contributed by atoms with E-state index in [2.05, 4.69) is 23.7 Å². The Balaban J connectivity index is 2.79. The van der Waals surface area contributed by atoms with E-state index in [0.29, 0.717) is 23.3 Å². The van der Waals surface area contributed by atoms with Crippen LogP contribution in [-0.4, -0.2) is 30.0 Å². The molecule has 0 unspecified atom stereocenters. The van der Waals surface area contributed by atoms with Gasteiger partial charge in [-0.2, -0.15) is 0 Å². The zero-order chi connectivity index (χ0) is 13.9. The van der Waals surface area contributed by atoms with Crippen molar-refractivity contribution in [1.82, 2.24) is 9.88 Å². The summed E-state index contributed by atoms with van der Waals surface area (Å²) in [6.45, 7) is 8.35. The van der Waals surface area contributed by atoms with Gasteiger partial charge < -0.3 is 10.6 Å². The summed E-state index contributed by atoms with van der Waals surface area (Å²) in [5, 5.41) is 1.15. The Morgan fingerprint density at radius 2 is 2.00 bits per heavy atom. The van der Waals surface area contributed by atoms with Crippen LogP contribution in [0.1, 0.15) is 25.1 Å². The van der Waals surface area contributed by atoms with Crippen LogP contribution < -0.4 is 5.73 Å². The van der Waals surface area contributed by atoms with Crippen molar-refractivity contribution < 1.29 is 0 Å². The van der Waals surface area contributed by atoms with E-state index in [1.165, 1.54) is 0 Å². The smallest absolute Gasteiger partial charge is 0.135 e. The summed E-state index contributed by atoms with van der Waals surface area (Å²) in [4.78, 5) is 6.40. The minimum absolute atomic E-state index is 0.0752. The second-order valence-corrected chi connectivity index (χ2v) is 6.32. The molecule has 0 aliphatic heterocycles. The summed E-state index contributed by atoms with van der Waals surface area (Å²) < 4.78 is 0. The Morgan fingerprint density at radius 1 is 1.39 bits per heavy atom. The van der Waals surface area contributed by atoms with Gasteiger partial charge in [-0.15, -0.1) is 0 Å². The van der Waals surface area contributed by atoms with Crippen LogP contribution in [0.15, 0.2) is 6.07 Å². The molecule has 0 bridgehead atoms. The summed E-state index contributed by atoms with van der Waals surface area (Å²) in [6.07, 6.45) is 0. The molecule has 18 heavy (non-hydrogen) atoms. The lowest BCUT2D eigenvalue weighted by Crippen LogP contribution is -2.36. The molecule has 0 amide bonds. The minimum Gasteiger partial charge on any atom is -0.330 e. The first-order valence-electron chi connectivity index (χ1n) is 5.95. The van der Waals surface area contributed by atoms with Crippen LogP contribution in [0, 0.1) is 12.3 Å². The Kier molecular flexibility index (Phi) is 5.41. The lowest BCUT2D eigenvalue weighted by atomic mass is 9.93. The molecule has 2 N–H and O–H groups in total. The first kappa shape index (κ1) is 15.7. The average Bonchev–Trinajstić information content (AvgIpc) is 2.22. The van der Waals surface area contributed by atoms with Gasteiger partial charge in [-0.05, 0) is 32.0 Å². The first-order valence-corrected chi connectivity index (χ1v) is 6.71. The lowest BCUT2D eigenvalue weighted by molar-refractivity contribution is 0.210. The zero-order valence-corrected chi connectivity index (χ0v) is 12.9. The highest BCUT2D eigenvalue weighted by Gasteiger charge is 2.19. The van der Waals surface area contributed by atoms with Crippen molar-refractivity contribution in [2.24, 2.45) is 11.1 Å². The molecule has 102 valence electrons. The minimum atomic E-state index is 0.0752. The van der Waals surface area contributed by atoms with Gasteiger partial charge in [0.1, 0.15) is 5.15 Å². The first-order chi connectivity index (χ1) is 8.25. The summed E-state index contributed by atoms with van der Waals surface area (Å²) in [7, 11) is 2.03. The zero-order valence-electron chi connectivity index (χ0n) is 11.4. The van der Waals surface area contributed by atoms with Crippen LogP contribution in [0.5, 0.6) is 0 Å². The summed E-state index contributed by atoms with van der Waals surface area (Å²) >= 11 is 12.3. The number of hydrogen-bond donors (Lipinski definition) is 1. The van der Waals surface area contributed by atoms with Gasteiger partial charge in [0.25, 0.3) is 0 Å². The predicted molar refractivity (Wildman–Crippen MR) is 78.2 cm³/mol. The Morgan fingerprint density at radius 3 is 2.50 bits per heavy atom. The van der Waals surface area contributed by atoms with Crippen molar-refractivity contribution in [1.29, 1.82) is 0 Å². The Bertz CT molecular complexity index is 396.